The number of imidazole rings is 1. The van der Waals surface area contributed by atoms with Crippen LogP contribution in [-0.4, -0.2) is 51.4 Å². The van der Waals surface area contributed by atoms with Crippen molar-refractivity contribution >= 4 is 51.8 Å². The number of hydrogen-bond acceptors (Lipinski definition) is 6. The molecule has 0 bridgehead atoms. The van der Waals surface area contributed by atoms with Gasteiger partial charge in [-0.05, 0) is 32.3 Å². The van der Waals surface area contributed by atoms with E-state index in [0.29, 0.717) is 13.1 Å². The van der Waals surface area contributed by atoms with Gasteiger partial charge in [0.25, 0.3) is 5.56 Å². The van der Waals surface area contributed by atoms with Gasteiger partial charge in [-0.1, -0.05) is 34.8 Å². The number of aromatic carboxylic acids is 1. The van der Waals surface area contributed by atoms with Crippen molar-refractivity contribution in [3.63, 3.8) is 0 Å². The first-order valence-electron chi connectivity index (χ1n) is 11.4. The van der Waals surface area contributed by atoms with Crippen LogP contribution in [0.5, 0.6) is 5.75 Å². The first kappa shape index (κ1) is 36.4. The number of methoxy groups -OCH3 is 1. The highest BCUT2D eigenvalue weighted by atomic mass is 35.5. The number of carbonyl (C=O) groups is 1. The number of carboxylic acid groups (broad SMARTS) is 1. The molecule has 0 fully saturated rings. The van der Waals surface area contributed by atoms with Gasteiger partial charge in [-0.2, -0.15) is 26.3 Å². The summed E-state index contributed by atoms with van der Waals surface area (Å²) in [6.07, 6.45) is -10.1. The Morgan fingerprint density at radius 3 is 2.00 bits per heavy atom. The highest BCUT2D eigenvalue weighted by molar-refractivity contribution is 6.37. The largest absolute Gasteiger partial charge is 0.494 e. The van der Waals surface area contributed by atoms with E-state index in [1.165, 1.54) is 19.2 Å². The van der Waals surface area contributed by atoms with Gasteiger partial charge in [-0.15, -0.1) is 0 Å². The summed E-state index contributed by atoms with van der Waals surface area (Å²) in [6, 6.07) is 3.40. The van der Waals surface area contributed by atoms with E-state index in [-0.39, 0.29) is 36.6 Å². The minimum atomic E-state index is -5.07. The molecule has 0 saturated carbocycles. The summed E-state index contributed by atoms with van der Waals surface area (Å²) in [7, 11) is 5.75. The lowest BCUT2D eigenvalue weighted by molar-refractivity contribution is -0.144. The monoisotopic (exact) mass is 695 g/mol. The molecule has 0 aliphatic carbocycles. The summed E-state index contributed by atoms with van der Waals surface area (Å²) in [5.74, 6) is -4.10. The molecule has 0 aliphatic rings. The van der Waals surface area contributed by atoms with E-state index < -0.39 is 68.6 Å². The summed E-state index contributed by atoms with van der Waals surface area (Å²) in [4.78, 5) is 40.1. The third-order valence-electron chi connectivity index (χ3n) is 5.23. The normalized spacial score (nSPS) is 11.4. The van der Waals surface area contributed by atoms with Crippen molar-refractivity contribution in [3.05, 3.63) is 83.1 Å². The number of benzene rings is 2. The molecule has 10 nitrogen and oxygen atoms in total. The Hall–Kier alpha value is -3.80. The molecule has 0 aliphatic heterocycles. The van der Waals surface area contributed by atoms with Crippen LogP contribution in [-0.2, 0) is 19.4 Å². The van der Waals surface area contributed by atoms with Gasteiger partial charge in [0.15, 0.2) is 11.6 Å². The number of aromatic nitrogens is 4. The third-order valence-corrected chi connectivity index (χ3v) is 6.13. The minimum absolute atomic E-state index is 0.0162. The number of halogens is 10. The number of H-pyrrole nitrogens is 1. The number of ether oxygens (including phenoxy) is 1. The first-order valence-corrected chi connectivity index (χ1v) is 12.5. The predicted octanol–water partition coefficient (Wildman–Crippen LogP) is 5.78. The zero-order valence-electron chi connectivity index (χ0n) is 22.5. The summed E-state index contributed by atoms with van der Waals surface area (Å²) in [5, 5.41) is 11.3. The number of nitrogens with one attached hydrogen (secondary N) is 2. The Bertz CT molecular complexity index is 1820. The fourth-order valence-electron chi connectivity index (χ4n) is 3.47. The summed E-state index contributed by atoms with van der Waals surface area (Å²) in [5.41, 5.74) is -7.43. The predicted molar refractivity (Wildman–Crippen MR) is 147 cm³/mol. The van der Waals surface area contributed by atoms with Crippen LogP contribution < -0.4 is 21.3 Å². The Morgan fingerprint density at radius 1 is 1.00 bits per heavy atom. The molecular weight excluding hydrogens is 678 g/mol. The molecule has 0 radical (unpaired) electrons. The lowest BCUT2D eigenvalue weighted by Crippen LogP contribution is -2.41. The SMILES string of the molecule is CNC.COc1c(Cl)ccc(Cl)c1C(=O)O.Cn1c(C(F)(F)F)cc(=O)n(-c2c(F)cc(Cl)c3nc(C(F)(F)F)[nH]c23)c1=O. The number of aromatic amines is 1. The Balaban J connectivity index is 0.000000351. The molecule has 2 heterocycles. The molecule has 0 unspecified atom stereocenters. The van der Waals surface area contributed by atoms with Gasteiger partial charge in [0.2, 0.25) is 5.82 Å². The van der Waals surface area contributed by atoms with Crippen LogP contribution in [0.4, 0.5) is 30.7 Å². The van der Waals surface area contributed by atoms with Crippen molar-refractivity contribution in [3.8, 4) is 11.4 Å². The molecule has 3 N–H and O–H groups in total. The second-order valence-corrected chi connectivity index (χ2v) is 9.50. The minimum Gasteiger partial charge on any atom is -0.494 e. The molecule has 44 heavy (non-hydrogen) atoms. The number of rotatable bonds is 3. The fourth-order valence-corrected chi connectivity index (χ4v) is 4.17. The van der Waals surface area contributed by atoms with Crippen molar-refractivity contribution in [1.29, 1.82) is 0 Å². The molecular formula is C24H19Cl3F7N5O5. The number of nitrogens with zero attached hydrogens (tertiary/aromatic N) is 3. The van der Waals surface area contributed by atoms with Crippen LogP contribution in [0.25, 0.3) is 16.7 Å². The van der Waals surface area contributed by atoms with E-state index in [2.05, 4.69) is 10.3 Å². The fraction of sp³-hybridized carbons (Fsp3) is 0.250. The van der Waals surface area contributed by atoms with Crippen LogP contribution in [0.3, 0.4) is 0 Å². The summed E-state index contributed by atoms with van der Waals surface area (Å²) < 4.78 is 96.7. The molecule has 0 spiro atoms. The van der Waals surface area contributed by atoms with Crippen LogP contribution in [0, 0.1) is 5.82 Å². The first-order chi connectivity index (χ1) is 20.2. The number of carboxylic acids is 1. The molecule has 4 aromatic rings. The third kappa shape index (κ3) is 7.64. The average Bonchev–Trinajstić information content (AvgIpc) is 3.36. The van der Waals surface area contributed by atoms with E-state index in [1.54, 1.807) is 4.98 Å². The van der Waals surface area contributed by atoms with Gasteiger partial charge in [0, 0.05) is 13.1 Å². The van der Waals surface area contributed by atoms with E-state index in [4.69, 9.17) is 44.6 Å². The maximum atomic E-state index is 14.5. The number of alkyl halides is 6. The van der Waals surface area contributed by atoms with Gasteiger partial charge in [-0.3, -0.25) is 9.36 Å². The van der Waals surface area contributed by atoms with E-state index >= 15 is 0 Å². The lowest BCUT2D eigenvalue weighted by Gasteiger charge is -2.14. The number of fused-ring (bicyclic) bond motifs is 1. The van der Waals surface area contributed by atoms with Gasteiger partial charge < -0.3 is 20.1 Å². The number of hydrogen-bond donors (Lipinski definition) is 3. The van der Waals surface area contributed by atoms with Crippen LogP contribution in [0.15, 0.2) is 33.9 Å². The molecule has 240 valence electrons. The molecule has 20 heteroatoms. The van der Waals surface area contributed by atoms with Crippen molar-refractivity contribution in [2.45, 2.75) is 12.4 Å². The Labute approximate surface area is 256 Å². The standard InChI is InChI=1S/C14H6ClF7N4O2.C8H6Cl2O3.C2H7N/c1-25-6(13(17,18)19)3-7(27)26(12(25)28)10-5(16)2-4(15)8-9(10)24-11(23-8)14(20,21)22;1-13-7-5(10)3-2-4(9)6(7)8(11)12;1-3-2/h2-3H,1H3,(H,23,24);2-3H,1H3,(H,11,12);3H,1-2H3. The zero-order chi connectivity index (χ0) is 33.9. The Morgan fingerprint density at radius 2 is 1.55 bits per heavy atom. The van der Waals surface area contributed by atoms with Crippen molar-refractivity contribution in [1.82, 2.24) is 24.4 Å². The molecule has 0 atom stereocenters. The smallest absolute Gasteiger partial charge is 0.449 e. The summed E-state index contributed by atoms with van der Waals surface area (Å²) in [6.45, 7) is 0. The molecule has 2 aromatic heterocycles. The van der Waals surface area contributed by atoms with Crippen LogP contribution >= 0.6 is 34.8 Å². The van der Waals surface area contributed by atoms with Crippen LogP contribution in [0.2, 0.25) is 15.1 Å². The van der Waals surface area contributed by atoms with Crippen molar-refractivity contribution < 1.29 is 45.4 Å². The molecule has 2 aromatic carbocycles. The highest BCUT2D eigenvalue weighted by Crippen LogP contribution is 2.35. The van der Waals surface area contributed by atoms with Gasteiger partial charge in [0.1, 0.15) is 22.5 Å². The quantitative estimate of drug-likeness (QED) is 0.232. The van der Waals surface area contributed by atoms with Crippen molar-refractivity contribution in [2.24, 2.45) is 7.05 Å². The maximum absolute atomic E-state index is 14.5. The van der Waals surface area contributed by atoms with E-state index in [9.17, 15) is 45.1 Å². The van der Waals surface area contributed by atoms with E-state index in [1.807, 2.05) is 14.1 Å². The van der Waals surface area contributed by atoms with Gasteiger partial charge >= 0.3 is 24.0 Å². The summed E-state index contributed by atoms with van der Waals surface area (Å²) >= 11 is 17.0. The van der Waals surface area contributed by atoms with E-state index in [0.717, 1.165) is 0 Å². The second-order valence-electron chi connectivity index (χ2n) is 8.28. The van der Waals surface area contributed by atoms with Crippen molar-refractivity contribution in [2.75, 3.05) is 21.2 Å². The second kappa shape index (κ2) is 13.9. The maximum Gasteiger partial charge on any atom is 0.449 e. The Kier molecular flexibility index (Phi) is 11.5. The lowest BCUT2D eigenvalue weighted by atomic mass is 10.2. The molecule has 0 saturated heterocycles. The highest BCUT2D eigenvalue weighted by Gasteiger charge is 2.37. The van der Waals surface area contributed by atoms with Gasteiger partial charge in [-0.25, -0.2) is 23.5 Å². The zero-order valence-corrected chi connectivity index (χ0v) is 24.8. The molecule has 4 rings (SSSR count). The average molecular weight is 697 g/mol. The molecule has 0 amide bonds. The van der Waals surface area contributed by atoms with Crippen LogP contribution in [0.1, 0.15) is 21.9 Å². The topological polar surface area (TPSA) is 131 Å². The van der Waals surface area contributed by atoms with Gasteiger partial charge in [0.05, 0.1) is 27.7 Å².